The van der Waals surface area contributed by atoms with E-state index in [1.54, 1.807) is 30.6 Å². The van der Waals surface area contributed by atoms with Gasteiger partial charge >= 0.3 is 0 Å². The molecule has 0 aliphatic carbocycles. The lowest BCUT2D eigenvalue weighted by Crippen LogP contribution is -2.29. The maximum Gasteiger partial charge on any atom is 0.170 e. The van der Waals surface area contributed by atoms with Crippen molar-refractivity contribution in [2.45, 2.75) is 32.5 Å². The molecule has 1 fully saturated rings. The molecule has 1 saturated heterocycles. The van der Waals surface area contributed by atoms with Crippen molar-refractivity contribution in [3.8, 4) is 11.4 Å². The minimum atomic E-state index is -0.140. The average molecular weight is 490 g/mol. The predicted octanol–water partition coefficient (Wildman–Crippen LogP) is 5.42. The van der Waals surface area contributed by atoms with Crippen LogP contribution in [0.3, 0.4) is 0 Å². The zero-order chi connectivity index (χ0) is 23.8. The van der Waals surface area contributed by atoms with E-state index in [1.807, 2.05) is 47.9 Å². The first-order valence-electron chi connectivity index (χ1n) is 11.0. The molecule has 0 radical (unpaired) electrons. The molecule has 2 atom stereocenters. The Bertz CT molecular complexity index is 1340. The number of aryl methyl sites for hydroxylation is 1. The van der Waals surface area contributed by atoms with E-state index in [0.29, 0.717) is 22.4 Å². The van der Waals surface area contributed by atoms with E-state index >= 15 is 0 Å². The van der Waals surface area contributed by atoms with Gasteiger partial charge in [0.15, 0.2) is 5.11 Å². The highest BCUT2D eigenvalue weighted by atomic mass is 35.5. The zero-order valence-corrected chi connectivity index (χ0v) is 20.4. The number of hydrogen-bond donors (Lipinski definition) is 2. The summed E-state index contributed by atoms with van der Waals surface area (Å²) in [6, 6.07) is 18.8. The van der Waals surface area contributed by atoms with Crippen LogP contribution in [0.2, 0.25) is 5.02 Å². The average Bonchev–Trinajstić information content (AvgIpc) is 3.31. The zero-order valence-electron chi connectivity index (χ0n) is 18.8. The summed E-state index contributed by atoms with van der Waals surface area (Å²) in [4.78, 5) is 11.3. The molecule has 8 heteroatoms. The van der Waals surface area contributed by atoms with Crippen molar-refractivity contribution in [3.05, 3.63) is 106 Å². The Labute approximate surface area is 208 Å². The number of phenols is 1. The number of aromatic hydroxyl groups is 1. The Balaban J connectivity index is 1.64. The molecule has 1 aromatic carbocycles. The minimum absolute atomic E-state index is 0.120. The summed E-state index contributed by atoms with van der Waals surface area (Å²) in [7, 11) is 0. The third-order valence-corrected chi connectivity index (χ3v) is 6.81. The highest BCUT2D eigenvalue weighted by Crippen LogP contribution is 2.42. The molecule has 0 spiro atoms. The van der Waals surface area contributed by atoms with Gasteiger partial charge in [-0.1, -0.05) is 23.7 Å². The molecule has 3 aromatic heterocycles. The third kappa shape index (κ3) is 4.02. The molecular weight excluding hydrogens is 466 g/mol. The quantitative estimate of drug-likeness (QED) is 0.365. The molecule has 172 valence electrons. The third-order valence-electron chi connectivity index (χ3n) is 6.22. The number of benzene rings is 1. The Morgan fingerprint density at radius 2 is 1.79 bits per heavy atom. The van der Waals surface area contributed by atoms with Gasteiger partial charge in [0.2, 0.25) is 0 Å². The molecule has 1 aliphatic rings. The van der Waals surface area contributed by atoms with E-state index in [0.717, 1.165) is 28.3 Å². The van der Waals surface area contributed by atoms with Crippen molar-refractivity contribution in [1.29, 1.82) is 0 Å². The minimum Gasteiger partial charge on any atom is -0.506 e. The number of pyridine rings is 2. The van der Waals surface area contributed by atoms with E-state index in [1.165, 1.54) is 0 Å². The first-order valence-corrected chi connectivity index (χ1v) is 11.8. The molecule has 4 heterocycles. The second-order valence-corrected chi connectivity index (χ2v) is 9.19. The van der Waals surface area contributed by atoms with Crippen LogP contribution in [0.5, 0.6) is 5.75 Å². The molecule has 34 heavy (non-hydrogen) atoms. The van der Waals surface area contributed by atoms with Gasteiger partial charge in [-0.3, -0.25) is 9.97 Å². The SMILES string of the molecule is Cc1cc([C@H]2[C@@H](c3ccccn3)NC(=S)N2Cc2ccccn2)c(C)n1-c1cc(Cl)ccc1O. The number of rotatable bonds is 5. The summed E-state index contributed by atoms with van der Waals surface area (Å²) >= 11 is 12.1. The Hall–Kier alpha value is -3.42. The van der Waals surface area contributed by atoms with Crippen LogP contribution < -0.4 is 5.32 Å². The van der Waals surface area contributed by atoms with Crippen LogP contribution in [0.25, 0.3) is 5.69 Å². The lowest BCUT2D eigenvalue weighted by atomic mass is 9.96. The lowest BCUT2D eigenvalue weighted by molar-refractivity contribution is 0.307. The highest BCUT2D eigenvalue weighted by Gasteiger charge is 2.41. The molecule has 0 saturated carbocycles. The number of hydrogen-bond acceptors (Lipinski definition) is 4. The number of nitrogens with zero attached hydrogens (tertiary/aromatic N) is 4. The number of thiocarbonyl (C=S) groups is 1. The molecule has 0 unspecified atom stereocenters. The van der Waals surface area contributed by atoms with Crippen LogP contribution in [-0.2, 0) is 6.54 Å². The monoisotopic (exact) mass is 489 g/mol. The molecule has 4 aromatic rings. The van der Waals surface area contributed by atoms with E-state index < -0.39 is 0 Å². The van der Waals surface area contributed by atoms with Gasteiger partial charge in [0.05, 0.1) is 35.7 Å². The Morgan fingerprint density at radius 1 is 1.03 bits per heavy atom. The van der Waals surface area contributed by atoms with Crippen molar-refractivity contribution in [1.82, 2.24) is 24.8 Å². The summed E-state index contributed by atoms with van der Waals surface area (Å²) in [6.07, 6.45) is 3.59. The van der Waals surface area contributed by atoms with Crippen LogP contribution in [0, 0.1) is 13.8 Å². The number of halogens is 1. The van der Waals surface area contributed by atoms with Gasteiger partial charge in [0, 0.05) is 28.8 Å². The Kier molecular flexibility index (Phi) is 5.98. The van der Waals surface area contributed by atoms with Crippen LogP contribution in [0.4, 0.5) is 0 Å². The van der Waals surface area contributed by atoms with Gasteiger partial charge in [0.1, 0.15) is 5.75 Å². The van der Waals surface area contributed by atoms with Crippen LogP contribution in [0.15, 0.2) is 73.1 Å². The topological polar surface area (TPSA) is 66.2 Å². The number of aromatic nitrogens is 3. The van der Waals surface area contributed by atoms with Crippen LogP contribution in [0.1, 0.15) is 40.4 Å². The first-order chi connectivity index (χ1) is 16.4. The summed E-state index contributed by atoms with van der Waals surface area (Å²) < 4.78 is 2.03. The summed E-state index contributed by atoms with van der Waals surface area (Å²) in [6.45, 7) is 4.64. The van der Waals surface area contributed by atoms with E-state index in [4.69, 9.17) is 23.8 Å². The molecule has 5 rings (SSSR count). The fourth-order valence-corrected chi connectivity index (χ4v) is 5.19. The predicted molar refractivity (Wildman–Crippen MR) is 137 cm³/mol. The molecular formula is C26H24ClN5OS. The van der Waals surface area contributed by atoms with E-state index in [-0.39, 0.29) is 17.8 Å². The summed E-state index contributed by atoms with van der Waals surface area (Å²) in [5.74, 6) is 0.171. The second kappa shape index (κ2) is 9.08. The van der Waals surface area contributed by atoms with E-state index in [2.05, 4.69) is 33.2 Å². The molecule has 0 amide bonds. The normalized spacial score (nSPS) is 17.7. The maximum atomic E-state index is 10.6. The standard InChI is InChI=1S/C26H24ClN5OS/c1-16-13-20(17(2)32(16)22-14-18(27)9-10-23(22)33)25-24(21-8-4-6-12-29-21)30-26(34)31(25)15-19-7-3-5-11-28-19/h3-14,24-25,33H,15H2,1-2H3,(H,30,34)/t24-,25+/m1/s1. The fourth-order valence-electron chi connectivity index (χ4n) is 4.71. The first kappa shape index (κ1) is 22.4. The van der Waals surface area contributed by atoms with Gasteiger partial charge in [-0.25, -0.2) is 0 Å². The van der Waals surface area contributed by atoms with Crippen molar-refractivity contribution in [2.75, 3.05) is 0 Å². The van der Waals surface area contributed by atoms with Crippen LogP contribution >= 0.6 is 23.8 Å². The second-order valence-electron chi connectivity index (χ2n) is 8.37. The van der Waals surface area contributed by atoms with Gasteiger partial charge < -0.3 is 19.9 Å². The summed E-state index contributed by atoms with van der Waals surface area (Å²) in [5.41, 5.74) is 5.57. The smallest absolute Gasteiger partial charge is 0.170 e. The van der Waals surface area contributed by atoms with Gasteiger partial charge in [-0.15, -0.1) is 0 Å². The van der Waals surface area contributed by atoms with E-state index in [9.17, 15) is 5.11 Å². The maximum absolute atomic E-state index is 10.6. The molecule has 6 nitrogen and oxygen atoms in total. The van der Waals surface area contributed by atoms with Gasteiger partial charge in [-0.05, 0) is 80.2 Å². The lowest BCUT2D eigenvalue weighted by Gasteiger charge is -2.28. The van der Waals surface area contributed by atoms with Crippen molar-refractivity contribution >= 4 is 28.9 Å². The number of phenolic OH excluding ortho intramolecular Hbond substituents is 1. The molecule has 2 N–H and O–H groups in total. The molecule has 1 aliphatic heterocycles. The van der Waals surface area contributed by atoms with Gasteiger partial charge in [0.25, 0.3) is 0 Å². The number of nitrogens with one attached hydrogen (secondary N) is 1. The van der Waals surface area contributed by atoms with Crippen molar-refractivity contribution < 1.29 is 5.11 Å². The van der Waals surface area contributed by atoms with Gasteiger partial charge in [-0.2, -0.15) is 0 Å². The largest absolute Gasteiger partial charge is 0.506 e. The fraction of sp³-hybridized carbons (Fsp3) is 0.192. The summed E-state index contributed by atoms with van der Waals surface area (Å²) in [5, 5.41) is 15.3. The van der Waals surface area contributed by atoms with Crippen molar-refractivity contribution in [2.24, 2.45) is 0 Å². The van der Waals surface area contributed by atoms with Crippen molar-refractivity contribution in [3.63, 3.8) is 0 Å². The Morgan fingerprint density at radius 3 is 2.50 bits per heavy atom. The highest BCUT2D eigenvalue weighted by molar-refractivity contribution is 7.80. The molecule has 0 bridgehead atoms. The van der Waals surface area contributed by atoms with Crippen LogP contribution in [-0.4, -0.2) is 29.7 Å².